The summed E-state index contributed by atoms with van der Waals surface area (Å²) in [6.45, 7) is 4.55. The Bertz CT molecular complexity index is 1430. The van der Waals surface area contributed by atoms with Gasteiger partial charge in [0.25, 0.3) is 0 Å². The number of esters is 2. The van der Waals surface area contributed by atoms with Crippen LogP contribution in [0, 0.1) is 0 Å². The fourth-order valence-corrected chi connectivity index (χ4v) is 8.55. The summed E-state index contributed by atoms with van der Waals surface area (Å²) in [4.78, 5) is 27.0. The second-order valence-corrected chi connectivity index (χ2v) is 16.8. The van der Waals surface area contributed by atoms with Crippen molar-refractivity contribution in [1.82, 2.24) is 0 Å². The first-order valence-corrected chi connectivity index (χ1v) is 23.9. The van der Waals surface area contributed by atoms with Gasteiger partial charge < -0.3 is 23.7 Å². The van der Waals surface area contributed by atoms with Crippen LogP contribution >= 0.6 is 0 Å². The van der Waals surface area contributed by atoms with Crippen molar-refractivity contribution in [2.75, 3.05) is 13.7 Å². The molecule has 0 bridgehead atoms. The average Bonchev–Trinajstić information content (AvgIpc) is 3.60. The van der Waals surface area contributed by atoms with Crippen LogP contribution in [0.1, 0.15) is 185 Å². The highest BCUT2D eigenvalue weighted by molar-refractivity contribution is 5.71. The number of carbonyl (C=O) groups excluding carboxylic acids is 2. The van der Waals surface area contributed by atoms with Gasteiger partial charge in [0.15, 0.2) is 18.5 Å². The van der Waals surface area contributed by atoms with Crippen molar-refractivity contribution in [2.24, 2.45) is 0 Å². The van der Waals surface area contributed by atoms with Crippen LogP contribution in [-0.2, 0) is 38.9 Å². The third-order valence-electron chi connectivity index (χ3n) is 12.0. The normalized spacial score (nSPS) is 17.8. The average molecular weight is 827 g/mol. The van der Waals surface area contributed by atoms with Crippen molar-refractivity contribution in [2.45, 2.75) is 198 Å². The number of carbonyl (C=O) groups is 2. The zero-order valence-electron chi connectivity index (χ0n) is 37.5. The molecule has 332 valence electrons. The highest BCUT2D eigenvalue weighted by Crippen LogP contribution is 2.41. The number of ether oxygens (including phenoxy) is 5. The zero-order valence-corrected chi connectivity index (χ0v) is 37.5. The molecule has 3 aromatic rings. The number of unbranched alkanes of at least 4 members (excludes halogenated alkanes) is 20. The number of hydrogen-bond donors (Lipinski definition) is 0. The molecule has 1 fully saturated rings. The number of hydrogen-bond acceptors (Lipinski definition) is 7. The smallest absolute Gasteiger partial charge is 0.306 e. The predicted octanol–water partition coefficient (Wildman–Crippen LogP) is 13.6. The lowest BCUT2D eigenvalue weighted by Gasteiger charge is -2.37. The molecule has 1 heterocycles. The maximum atomic E-state index is 13.6. The van der Waals surface area contributed by atoms with Gasteiger partial charge in [-0.3, -0.25) is 9.59 Å². The molecule has 1 aliphatic heterocycles. The summed E-state index contributed by atoms with van der Waals surface area (Å²) in [7, 11) is 1.53. The Hall–Kier alpha value is -3.52. The molecule has 0 N–H and O–H groups in total. The van der Waals surface area contributed by atoms with Gasteiger partial charge in [0.05, 0.1) is 6.61 Å². The third-order valence-corrected chi connectivity index (χ3v) is 12.0. The van der Waals surface area contributed by atoms with E-state index in [2.05, 4.69) is 50.2 Å². The van der Waals surface area contributed by atoms with Crippen molar-refractivity contribution >= 4 is 11.9 Å². The van der Waals surface area contributed by atoms with Gasteiger partial charge in [-0.1, -0.05) is 233 Å². The molecule has 0 aromatic heterocycles. The van der Waals surface area contributed by atoms with E-state index in [9.17, 15) is 9.59 Å². The van der Waals surface area contributed by atoms with Gasteiger partial charge in [-0.05, 0) is 29.5 Å². The molecular formula is C53H78O7. The summed E-state index contributed by atoms with van der Waals surface area (Å²) in [5.74, 6) is -0.658. The minimum Gasteiger partial charge on any atom is -0.455 e. The van der Waals surface area contributed by atoms with E-state index in [-0.39, 0.29) is 18.5 Å². The van der Waals surface area contributed by atoms with Gasteiger partial charge in [-0.25, -0.2) is 0 Å². The molecular weight excluding hydrogens is 749 g/mol. The van der Waals surface area contributed by atoms with E-state index in [0.717, 1.165) is 55.2 Å². The topological polar surface area (TPSA) is 80.3 Å². The summed E-state index contributed by atoms with van der Waals surface area (Å²) >= 11 is 0. The van der Waals surface area contributed by atoms with Crippen LogP contribution < -0.4 is 0 Å². The van der Waals surface area contributed by atoms with Crippen molar-refractivity contribution in [3.63, 3.8) is 0 Å². The largest absolute Gasteiger partial charge is 0.455 e. The molecule has 1 aliphatic rings. The minimum atomic E-state index is -1.01. The fraction of sp³-hybridized carbons (Fsp3) is 0.623. The quantitative estimate of drug-likeness (QED) is 0.0344. The lowest BCUT2D eigenvalue weighted by atomic mass is 9.80. The van der Waals surface area contributed by atoms with E-state index < -0.39 is 30.2 Å². The molecule has 0 saturated carbocycles. The Labute approximate surface area is 363 Å². The molecule has 60 heavy (non-hydrogen) atoms. The summed E-state index contributed by atoms with van der Waals surface area (Å²) in [6.07, 6.45) is 23.5. The standard InChI is InChI=1S/C53H78O7/c1-4-6-8-10-12-14-16-18-20-22-33-41-48(54)59-50-47(58-52(56-3)51(50)60-49(55)42-34-23-21-19-17-15-13-11-9-7-5-2)43-57-53(44-35-27-24-28-36-44,45-37-29-25-30-38-45)46-39-31-26-32-40-46/h24-32,35-40,47,50-52H,4-23,33-34,41-43H2,1-3H3/t47-,50-,51-,52-/m1/s1. The second-order valence-electron chi connectivity index (χ2n) is 16.8. The predicted molar refractivity (Wildman–Crippen MR) is 243 cm³/mol. The van der Waals surface area contributed by atoms with Crippen LogP contribution in [0.2, 0.25) is 0 Å². The molecule has 7 nitrogen and oxygen atoms in total. The van der Waals surface area contributed by atoms with E-state index in [0.29, 0.717) is 12.8 Å². The molecule has 0 unspecified atom stereocenters. The SMILES string of the molecule is CCCCCCCCCCCCCC(=O)O[C@H]1[C@H](OC)O[C@H](COC(c2ccccc2)(c2ccccc2)c2ccccc2)[C@H]1OC(=O)CCCCCCCCCCCCC. The summed E-state index contributed by atoms with van der Waals surface area (Å²) < 4.78 is 31.8. The van der Waals surface area contributed by atoms with E-state index in [4.69, 9.17) is 23.7 Å². The summed E-state index contributed by atoms with van der Waals surface area (Å²) in [6, 6.07) is 30.4. The Balaban J connectivity index is 1.42. The van der Waals surface area contributed by atoms with Gasteiger partial charge >= 0.3 is 11.9 Å². The highest BCUT2D eigenvalue weighted by Gasteiger charge is 2.51. The summed E-state index contributed by atoms with van der Waals surface area (Å²) in [5.41, 5.74) is 1.83. The van der Waals surface area contributed by atoms with E-state index >= 15 is 0 Å². The minimum absolute atomic E-state index is 0.0432. The first-order valence-electron chi connectivity index (χ1n) is 23.9. The first-order chi connectivity index (χ1) is 29.5. The third kappa shape index (κ3) is 16.7. The number of rotatable bonds is 33. The van der Waals surface area contributed by atoms with Gasteiger partial charge in [-0.15, -0.1) is 0 Å². The Kier molecular flexibility index (Phi) is 24.3. The molecule has 4 atom stereocenters. The van der Waals surface area contributed by atoms with E-state index in [1.165, 1.54) is 110 Å². The number of methoxy groups -OCH3 is 1. The van der Waals surface area contributed by atoms with Crippen molar-refractivity contribution < 1.29 is 33.3 Å². The van der Waals surface area contributed by atoms with E-state index in [1.54, 1.807) is 0 Å². The molecule has 1 saturated heterocycles. The van der Waals surface area contributed by atoms with Crippen LogP contribution in [0.4, 0.5) is 0 Å². The van der Waals surface area contributed by atoms with Gasteiger partial charge in [-0.2, -0.15) is 0 Å². The van der Waals surface area contributed by atoms with Crippen LogP contribution in [-0.4, -0.2) is 50.3 Å². The molecule has 0 radical (unpaired) electrons. The first kappa shape index (κ1) is 49.1. The molecule has 7 heteroatoms. The summed E-state index contributed by atoms with van der Waals surface area (Å²) in [5, 5.41) is 0. The maximum Gasteiger partial charge on any atom is 0.306 e. The van der Waals surface area contributed by atoms with Crippen LogP contribution in [0.25, 0.3) is 0 Å². The fourth-order valence-electron chi connectivity index (χ4n) is 8.55. The van der Waals surface area contributed by atoms with Gasteiger partial charge in [0.1, 0.15) is 11.7 Å². The Morgan fingerprint density at radius 2 is 0.817 bits per heavy atom. The van der Waals surface area contributed by atoms with Crippen molar-refractivity contribution in [3.05, 3.63) is 108 Å². The number of benzene rings is 3. The van der Waals surface area contributed by atoms with Crippen LogP contribution in [0.15, 0.2) is 91.0 Å². The second kappa shape index (κ2) is 29.7. The van der Waals surface area contributed by atoms with Crippen LogP contribution in [0.3, 0.4) is 0 Å². The molecule has 0 amide bonds. The van der Waals surface area contributed by atoms with Crippen LogP contribution in [0.5, 0.6) is 0 Å². The Morgan fingerprint density at radius 1 is 0.483 bits per heavy atom. The van der Waals surface area contributed by atoms with Crippen molar-refractivity contribution in [3.8, 4) is 0 Å². The molecule has 0 spiro atoms. The van der Waals surface area contributed by atoms with E-state index in [1.807, 2.05) is 54.6 Å². The molecule has 3 aromatic carbocycles. The zero-order chi connectivity index (χ0) is 42.5. The lowest BCUT2D eigenvalue weighted by molar-refractivity contribution is -0.184. The molecule has 0 aliphatic carbocycles. The monoisotopic (exact) mass is 827 g/mol. The Morgan fingerprint density at radius 3 is 1.17 bits per heavy atom. The highest BCUT2D eigenvalue weighted by atomic mass is 16.7. The van der Waals surface area contributed by atoms with Crippen molar-refractivity contribution in [1.29, 1.82) is 0 Å². The van der Waals surface area contributed by atoms with Gasteiger partial charge in [0.2, 0.25) is 0 Å². The lowest BCUT2D eigenvalue weighted by Crippen LogP contribution is -2.43. The molecule has 4 rings (SSSR count). The van der Waals surface area contributed by atoms with Gasteiger partial charge in [0, 0.05) is 20.0 Å². The maximum absolute atomic E-state index is 13.6.